The van der Waals surface area contributed by atoms with Gasteiger partial charge in [-0.3, -0.25) is 0 Å². The van der Waals surface area contributed by atoms with E-state index in [2.05, 4.69) is 10.2 Å². The summed E-state index contributed by atoms with van der Waals surface area (Å²) in [5, 5.41) is 9.27. The fourth-order valence-corrected chi connectivity index (χ4v) is 3.95. The van der Waals surface area contributed by atoms with Gasteiger partial charge in [-0.1, -0.05) is 41.6 Å². The Morgan fingerprint density at radius 2 is 2.00 bits per heavy atom. The minimum Gasteiger partial charge on any atom is -0.489 e. The number of hydrogen-bond acceptors (Lipinski definition) is 6. The van der Waals surface area contributed by atoms with Crippen molar-refractivity contribution in [3.63, 3.8) is 0 Å². The molecule has 0 amide bonds. The third-order valence-corrected chi connectivity index (χ3v) is 5.57. The zero-order valence-corrected chi connectivity index (χ0v) is 16.5. The summed E-state index contributed by atoms with van der Waals surface area (Å²) >= 11 is 7.75. The number of halogens is 2. The maximum atomic E-state index is 13.8. The highest BCUT2D eigenvalue weighted by atomic mass is 35.5. The molecule has 4 rings (SSSR count). The summed E-state index contributed by atoms with van der Waals surface area (Å²) in [5.41, 5.74) is 1.48. The summed E-state index contributed by atoms with van der Waals surface area (Å²) in [5.74, 6) is 8.11. The summed E-state index contributed by atoms with van der Waals surface area (Å²) in [6.45, 7) is 1.18. The molecule has 0 unspecified atom stereocenters. The van der Waals surface area contributed by atoms with Crippen LogP contribution in [0.25, 0.3) is 0 Å². The molecule has 146 valence electrons. The molecule has 6 nitrogen and oxygen atoms in total. The third kappa shape index (κ3) is 4.02. The Labute approximate surface area is 170 Å². The lowest BCUT2D eigenvalue weighted by molar-refractivity contribution is 0.297. The number of aromatic nitrogens is 3. The lowest BCUT2D eigenvalue weighted by atomic mass is 10.1. The van der Waals surface area contributed by atoms with Gasteiger partial charge in [0.2, 0.25) is 5.16 Å². The van der Waals surface area contributed by atoms with Crippen LogP contribution in [-0.4, -0.2) is 28.1 Å². The van der Waals surface area contributed by atoms with Crippen molar-refractivity contribution in [2.75, 3.05) is 19.1 Å². The standard InChI is InChI=1S/C19H18ClFN4O2S/c20-14-8-12(9-16-18(14)27-7-3-6-26-16)11-28-19-24-23-17(25(19)22)10-13-4-1-2-5-15(13)21/h1-2,4-5,8-9H,3,6-7,10-11,22H2. The van der Waals surface area contributed by atoms with Gasteiger partial charge in [0.25, 0.3) is 0 Å². The fraction of sp³-hybridized carbons (Fsp3) is 0.263. The molecule has 9 heteroatoms. The Balaban J connectivity index is 1.47. The van der Waals surface area contributed by atoms with Gasteiger partial charge in [0.1, 0.15) is 5.82 Å². The topological polar surface area (TPSA) is 75.2 Å². The van der Waals surface area contributed by atoms with Gasteiger partial charge in [0, 0.05) is 18.6 Å². The van der Waals surface area contributed by atoms with E-state index in [9.17, 15) is 4.39 Å². The van der Waals surface area contributed by atoms with Crippen molar-refractivity contribution in [3.8, 4) is 11.5 Å². The molecular weight excluding hydrogens is 403 g/mol. The molecule has 0 atom stereocenters. The molecule has 3 aromatic rings. The van der Waals surface area contributed by atoms with Crippen molar-refractivity contribution < 1.29 is 13.9 Å². The van der Waals surface area contributed by atoms with Crippen LogP contribution in [0.5, 0.6) is 11.5 Å². The second kappa shape index (κ2) is 8.28. The number of ether oxygens (including phenoxy) is 2. The maximum absolute atomic E-state index is 13.8. The predicted octanol–water partition coefficient (Wildman–Crippen LogP) is 3.83. The van der Waals surface area contributed by atoms with Crippen molar-refractivity contribution in [1.82, 2.24) is 14.9 Å². The first kappa shape index (κ1) is 18.9. The van der Waals surface area contributed by atoms with Gasteiger partial charge in [0.05, 0.1) is 18.2 Å². The molecule has 2 aromatic carbocycles. The summed E-state index contributed by atoms with van der Waals surface area (Å²) in [7, 11) is 0. The van der Waals surface area contributed by atoms with Crippen LogP contribution in [0.1, 0.15) is 23.4 Å². The van der Waals surface area contributed by atoms with E-state index in [1.54, 1.807) is 18.2 Å². The molecule has 0 aliphatic carbocycles. The van der Waals surface area contributed by atoms with E-state index >= 15 is 0 Å². The molecular formula is C19H18ClFN4O2S. The summed E-state index contributed by atoms with van der Waals surface area (Å²) in [6.07, 6.45) is 1.09. The lowest BCUT2D eigenvalue weighted by Crippen LogP contribution is -2.14. The van der Waals surface area contributed by atoms with Crippen molar-refractivity contribution in [2.45, 2.75) is 23.8 Å². The Hall–Kier alpha value is -2.45. The predicted molar refractivity (Wildman–Crippen MR) is 106 cm³/mol. The lowest BCUT2D eigenvalue weighted by Gasteiger charge is -2.11. The van der Waals surface area contributed by atoms with Gasteiger partial charge < -0.3 is 15.3 Å². The zero-order chi connectivity index (χ0) is 19.5. The molecule has 1 aromatic heterocycles. The van der Waals surface area contributed by atoms with Crippen LogP contribution in [0.15, 0.2) is 41.6 Å². The highest BCUT2D eigenvalue weighted by molar-refractivity contribution is 7.98. The number of rotatable bonds is 5. The summed E-state index contributed by atoms with van der Waals surface area (Å²) in [6, 6.07) is 10.3. The summed E-state index contributed by atoms with van der Waals surface area (Å²) < 4.78 is 26.6. The fourth-order valence-electron chi connectivity index (χ4n) is 2.85. The van der Waals surface area contributed by atoms with Gasteiger partial charge in [-0.15, -0.1) is 10.2 Å². The van der Waals surface area contributed by atoms with Crippen LogP contribution < -0.4 is 15.3 Å². The van der Waals surface area contributed by atoms with Crippen molar-refractivity contribution in [1.29, 1.82) is 0 Å². The van der Waals surface area contributed by atoms with E-state index in [4.69, 9.17) is 26.9 Å². The second-order valence-corrected chi connectivity index (χ2v) is 7.63. The number of nitrogens with two attached hydrogens (primary N) is 1. The number of hydrogen-bond donors (Lipinski definition) is 1. The molecule has 0 bridgehead atoms. The molecule has 1 aliphatic heterocycles. The van der Waals surface area contributed by atoms with Gasteiger partial charge in [-0.2, -0.15) is 0 Å². The van der Waals surface area contributed by atoms with Crippen LogP contribution in [0.2, 0.25) is 5.02 Å². The van der Waals surface area contributed by atoms with Crippen LogP contribution in [0, 0.1) is 5.82 Å². The quantitative estimate of drug-likeness (QED) is 0.499. The number of thioether (sulfide) groups is 1. The van der Waals surface area contributed by atoms with Gasteiger partial charge in [-0.25, -0.2) is 9.07 Å². The molecule has 0 spiro atoms. The molecule has 0 saturated carbocycles. The van der Waals surface area contributed by atoms with E-state index in [-0.39, 0.29) is 12.2 Å². The highest BCUT2D eigenvalue weighted by Crippen LogP contribution is 2.39. The average molecular weight is 421 g/mol. The number of benzene rings is 2. The van der Waals surface area contributed by atoms with Crippen LogP contribution in [0.4, 0.5) is 4.39 Å². The highest BCUT2D eigenvalue weighted by Gasteiger charge is 2.17. The second-order valence-electron chi connectivity index (χ2n) is 6.28. The molecule has 0 saturated heterocycles. The van der Waals surface area contributed by atoms with E-state index in [1.165, 1.54) is 22.5 Å². The van der Waals surface area contributed by atoms with Crippen molar-refractivity contribution in [2.24, 2.45) is 0 Å². The van der Waals surface area contributed by atoms with Crippen LogP contribution in [-0.2, 0) is 12.2 Å². The first-order valence-corrected chi connectivity index (χ1v) is 10.1. The van der Waals surface area contributed by atoms with Crippen molar-refractivity contribution in [3.05, 3.63) is 64.2 Å². The van der Waals surface area contributed by atoms with Gasteiger partial charge in [-0.05, 0) is 29.3 Å². The Morgan fingerprint density at radius 1 is 1.18 bits per heavy atom. The molecule has 0 radical (unpaired) electrons. The maximum Gasteiger partial charge on any atom is 0.210 e. The average Bonchev–Trinajstić information content (AvgIpc) is 2.88. The molecule has 28 heavy (non-hydrogen) atoms. The van der Waals surface area contributed by atoms with E-state index in [0.717, 1.165) is 12.0 Å². The normalized spacial score (nSPS) is 13.4. The van der Waals surface area contributed by atoms with Crippen LogP contribution >= 0.6 is 23.4 Å². The first-order chi connectivity index (χ1) is 13.6. The summed E-state index contributed by atoms with van der Waals surface area (Å²) in [4.78, 5) is 0. The molecule has 1 aliphatic rings. The molecule has 0 fully saturated rings. The third-order valence-electron chi connectivity index (χ3n) is 4.27. The SMILES string of the molecule is Nn1c(Cc2ccccc2F)nnc1SCc1cc(Cl)c2c(c1)OCCCO2. The van der Waals surface area contributed by atoms with Gasteiger partial charge >= 0.3 is 0 Å². The molecule has 2 heterocycles. The monoisotopic (exact) mass is 420 g/mol. The van der Waals surface area contributed by atoms with Crippen LogP contribution in [0.3, 0.4) is 0 Å². The minimum absolute atomic E-state index is 0.270. The number of nitrogen functional groups attached to an aromatic ring is 1. The zero-order valence-electron chi connectivity index (χ0n) is 14.9. The van der Waals surface area contributed by atoms with Gasteiger partial charge in [0.15, 0.2) is 17.3 Å². The first-order valence-electron chi connectivity index (χ1n) is 8.75. The van der Waals surface area contributed by atoms with Crippen molar-refractivity contribution >= 4 is 23.4 Å². The van der Waals surface area contributed by atoms with E-state index in [0.29, 0.717) is 52.0 Å². The smallest absolute Gasteiger partial charge is 0.210 e. The largest absolute Gasteiger partial charge is 0.489 e. The van der Waals surface area contributed by atoms with E-state index in [1.807, 2.05) is 12.1 Å². The Kier molecular flexibility index (Phi) is 5.59. The Bertz CT molecular complexity index is 998. The minimum atomic E-state index is -0.290. The Morgan fingerprint density at radius 3 is 2.86 bits per heavy atom. The van der Waals surface area contributed by atoms with E-state index < -0.39 is 0 Å². The number of fused-ring (bicyclic) bond motifs is 1. The number of nitrogens with zero attached hydrogens (tertiary/aromatic N) is 3. The molecule has 2 N–H and O–H groups in total.